The Hall–Kier alpha value is -3.22. The smallest absolute Gasteiger partial charge is 0.258 e. The van der Waals surface area contributed by atoms with Crippen molar-refractivity contribution in [1.82, 2.24) is 10.2 Å². The van der Waals surface area contributed by atoms with E-state index < -0.39 is 0 Å². The Morgan fingerprint density at radius 2 is 1.62 bits per heavy atom. The van der Waals surface area contributed by atoms with E-state index in [1.54, 1.807) is 17.0 Å². The summed E-state index contributed by atoms with van der Waals surface area (Å²) in [5.41, 5.74) is 1.05. The summed E-state index contributed by atoms with van der Waals surface area (Å²) in [6.45, 7) is 5.11. The van der Waals surface area contributed by atoms with Crippen molar-refractivity contribution < 1.29 is 19.1 Å². The van der Waals surface area contributed by atoms with Gasteiger partial charge in [-0.25, -0.2) is 0 Å². The fraction of sp³-hybridized carbons (Fsp3) is 0.364. The quantitative estimate of drug-likeness (QED) is 0.737. The molecule has 0 atom stereocenters. The monoisotopic (exact) mass is 397 g/mol. The lowest BCUT2D eigenvalue weighted by atomic mass is 10.2. The number of carbonyl (C=O) groups is 2. The maximum absolute atomic E-state index is 12.4. The molecule has 3 rings (SSSR count). The van der Waals surface area contributed by atoms with Crippen LogP contribution in [-0.4, -0.2) is 62.7 Å². The molecule has 7 nitrogen and oxygen atoms in total. The number of carbonyl (C=O) groups excluding carboxylic acids is 2. The maximum Gasteiger partial charge on any atom is 0.258 e. The number of para-hydroxylation sites is 3. The highest BCUT2D eigenvalue weighted by Gasteiger charge is 2.23. The molecule has 0 aromatic heterocycles. The third-order valence-corrected chi connectivity index (χ3v) is 4.69. The van der Waals surface area contributed by atoms with Gasteiger partial charge in [0.25, 0.3) is 5.91 Å². The molecule has 2 amide bonds. The summed E-state index contributed by atoms with van der Waals surface area (Å²) >= 11 is 0. The third kappa shape index (κ3) is 5.88. The van der Waals surface area contributed by atoms with Crippen LogP contribution in [-0.2, 0) is 9.59 Å². The van der Waals surface area contributed by atoms with Crippen molar-refractivity contribution in [2.75, 3.05) is 50.8 Å². The van der Waals surface area contributed by atoms with E-state index in [-0.39, 0.29) is 25.0 Å². The topological polar surface area (TPSA) is 71.1 Å². The lowest BCUT2D eigenvalue weighted by Crippen LogP contribution is -2.51. The molecule has 0 radical (unpaired) electrons. The van der Waals surface area contributed by atoms with E-state index in [1.807, 2.05) is 49.4 Å². The van der Waals surface area contributed by atoms with Crippen molar-refractivity contribution in [3.05, 3.63) is 54.6 Å². The van der Waals surface area contributed by atoms with Gasteiger partial charge in [-0.05, 0) is 31.2 Å². The Kier molecular flexibility index (Phi) is 7.33. The summed E-state index contributed by atoms with van der Waals surface area (Å²) < 4.78 is 11.1. The van der Waals surface area contributed by atoms with Crippen LogP contribution >= 0.6 is 0 Å². The highest BCUT2D eigenvalue weighted by Crippen LogP contribution is 2.28. The number of anilines is 1. The molecule has 0 unspecified atom stereocenters. The first kappa shape index (κ1) is 20.5. The molecule has 1 saturated heterocycles. The Balaban J connectivity index is 1.41. The third-order valence-electron chi connectivity index (χ3n) is 4.69. The minimum absolute atomic E-state index is 0.0213. The number of hydrogen-bond donors (Lipinski definition) is 1. The summed E-state index contributed by atoms with van der Waals surface area (Å²) in [4.78, 5) is 28.3. The van der Waals surface area contributed by atoms with Gasteiger partial charge in [-0.15, -0.1) is 0 Å². The lowest BCUT2D eigenvalue weighted by molar-refractivity contribution is -0.133. The molecule has 154 valence electrons. The number of nitrogens with one attached hydrogen (secondary N) is 1. The highest BCUT2D eigenvalue weighted by molar-refractivity contribution is 5.85. The normalized spacial score (nSPS) is 13.7. The second-order valence-corrected chi connectivity index (χ2v) is 6.65. The molecule has 0 aliphatic carbocycles. The van der Waals surface area contributed by atoms with Crippen molar-refractivity contribution in [2.45, 2.75) is 6.92 Å². The zero-order valence-corrected chi connectivity index (χ0v) is 16.7. The van der Waals surface area contributed by atoms with Gasteiger partial charge in [0, 0.05) is 26.2 Å². The predicted octanol–water partition coefficient (Wildman–Crippen LogP) is 1.93. The fourth-order valence-corrected chi connectivity index (χ4v) is 3.20. The number of ether oxygens (including phenoxy) is 2. The molecule has 1 heterocycles. The van der Waals surface area contributed by atoms with Gasteiger partial charge in [-0.1, -0.05) is 30.3 Å². The molecular formula is C22H27N3O4. The van der Waals surface area contributed by atoms with Crippen LogP contribution in [0.2, 0.25) is 0 Å². The molecule has 2 aromatic rings. The molecule has 0 bridgehead atoms. The molecule has 1 aliphatic rings. The second-order valence-electron chi connectivity index (χ2n) is 6.65. The first-order valence-corrected chi connectivity index (χ1v) is 9.86. The van der Waals surface area contributed by atoms with Gasteiger partial charge in [-0.2, -0.15) is 0 Å². The van der Waals surface area contributed by atoms with Crippen LogP contribution in [0.5, 0.6) is 11.5 Å². The molecule has 2 aromatic carbocycles. The van der Waals surface area contributed by atoms with Gasteiger partial charge in [0.05, 0.1) is 18.8 Å². The first-order valence-electron chi connectivity index (χ1n) is 9.86. The van der Waals surface area contributed by atoms with Crippen LogP contribution in [0.25, 0.3) is 0 Å². The van der Waals surface area contributed by atoms with E-state index in [4.69, 9.17) is 9.47 Å². The van der Waals surface area contributed by atoms with E-state index in [0.29, 0.717) is 25.4 Å². The van der Waals surface area contributed by atoms with E-state index in [2.05, 4.69) is 10.2 Å². The Labute approximate surface area is 171 Å². The van der Waals surface area contributed by atoms with Gasteiger partial charge in [0.15, 0.2) is 6.61 Å². The summed E-state index contributed by atoms with van der Waals surface area (Å²) in [6.07, 6.45) is 0. The van der Waals surface area contributed by atoms with Crippen molar-refractivity contribution in [2.24, 2.45) is 0 Å². The number of piperazine rings is 1. The fourth-order valence-electron chi connectivity index (χ4n) is 3.20. The van der Waals surface area contributed by atoms with Crippen LogP contribution in [0.15, 0.2) is 54.6 Å². The van der Waals surface area contributed by atoms with Crippen molar-refractivity contribution in [3.63, 3.8) is 0 Å². The summed E-state index contributed by atoms with van der Waals surface area (Å²) in [5, 5.41) is 2.63. The number of hydrogen-bond acceptors (Lipinski definition) is 5. The Morgan fingerprint density at radius 1 is 0.931 bits per heavy atom. The first-order chi connectivity index (χ1) is 14.2. The van der Waals surface area contributed by atoms with Gasteiger partial charge >= 0.3 is 0 Å². The summed E-state index contributed by atoms with van der Waals surface area (Å²) in [5.74, 6) is 1.08. The average Bonchev–Trinajstić information content (AvgIpc) is 2.77. The highest BCUT2D eigenvalue weighted by atomic mass is 16.5. The number of nitrogens with zero attached hydrogens (tertiary/aromatic N) is 2. The average molecular weight is 397 g/mol. The zero-order valence-electron chi connectivity index (χ0n) is 16.7. The standard InChI is InChI=1S/C22H27N3O4/c1-2-28-20-11-7-6-10-19(20)24-12-14-25(15-13-24)22(27)16-23-21(26)17-29-18-8-4-3-5-9-18/h3-11H,2,12-17H2,1H3,(H,23,26). The molecule has 1 fully saturated rings. The number of rotatable bonds is 8. The molecule has 0 spiro atoms. The van der Waals surface area contributed by atoms with Crippen LogP contribution < -0.4 is 19.7 Å². The van der Waals surface area contributed by atoms with Crippen LogP contribution in [0.3, 0.4) is 0 Å². The number of amides is 2. The van der Waals surface area contributed by atoms with Crippen molar-refractivity contribution in [3.8, 4) is 11.5 Å². The van der Waals surface area contributed by atoms with Crippen LogP contribution in [0.1, 0.15) is 6.92 Å². The second kappa shape index (κ2) is 10.4. The predicted molar refractivity (Wildman–Crippen MR) is 111 cm³/mol. The van der Waals surface area contributed by atoms with Crippen LogP contribution in [0.4, 0.5) is 5.69 Å². The SMILES string of the molecule is CCOc1ccccc1N1CCN(C(=O)CNC(=O)COc2ccccc2)CC1. The minimum atomic E-state index is -0.313. The maximum atomic E-state index is 12.4. The Bertz CT molecular complexity index is 805. The van der Waals surface area contributed by atoms with Crippen LogP contribution in [0, 0.1) is 0 Å². The van der Waals surface area contributed by atoms with E-state index in [9.17, 15) is 9.59 Å². The Morgan fingerprint density at radius 3 is 2.34 bits per heavy atom. The van der Waals surface area contributed by atoms with Gasteiger partial charge in [-0.3, -0.25) is 9.59 Å². The van der Waals surface area contributed by atoms with E-state index in [0.717, 1.165) is 24.5 Å². The molecule has 7 heteroatoms. The largest absolute Gasteiger partial charge is 0.492 e. The molecule has 1 aliphatic heterocycles. The van der Waals surface area contributed by atoms with E-state index >= 15 is 0 Å². The molecular weight excluding hydrogens is 370 g/mol. The van der Waals surface area contributed by atoms with Gasteiger partial charge < -0.3 is 24.6 Å². The molecule has 1 N–H and O–H groups in total. The lowest BCUT2D eigenvalue weighted by Gasteiger charge is -2.36. The van der Waals surface area contributed by atoms with Gasteiger partial charge in [0.2, 0.25) is 5.91 Å². The van der Waals surface area contributed by atoms with E-state index in [1.165, 1.54) is 0 Å². The number of benzene rings is 2. The van der Waals surface area contributed by atoms with Crippen molar-refractivity contribution in [1.29, 1.82) is 0 Å². The van der Waals surface area contributed by atoms with Gasteiger partial charge in [0.1, 0.15) is 11.5 Å². The zero-order chi connectivity index (χ0) is 20.5. The summed E-state index contributed by atoms with van der Waals surface area (Å²) in [7, 11) is 0. The molecule has 0 saturated carbocycles. The minimum Gasteiger partial charge on any atom is -0.492 e. The summed E-state index contributed by atoms with van der Waals surface area (Å²) in [6, 6.07) is 17.1. The molecule has 29 heavy (non-hydrogen) atoms. The van der Waals surface area contributed by atoms with Crippen molar-refractivity contribution >= 4 is 17.5 Å².